The molecule has 0 spiro atoms. The highest BCUT2D eigenvalue weighted by atomic mass is 16.5. The number of rotatable bonds is 10. The number of furan rings is 1. The molecule has 4 amide bonds. The maximum absolute atomic E-state index is 12.8. The molecule has 1 aromatic heterocycles. The van der Waals surface area contributed by atoms with Crippen molar-refractivity contribution in [3.63, 3.8) is 0 Å². The van der Waals surface area contributed by atoms with Gasteiger partial charge in [-0.15, -0.1) is 0 Å². The van der Waals surface area contributed by atoms with Crippen LogP contribution in [0.2, 0.25) is 0 Å². The van der Waals surface area contributed by atoms with Gasteiger partial charge >= 0.3 is 12.0 Å². The minimum absolute atomic E-state index is 0.191. The van der Waals surface area contributed by atoms with Gasteiger partial charge in [0.05, 0.1) is 36.5 Å². The van der Waals surface area contributed by atoms with Crippen LogP contribution in [0.1, 0.15) is 39.7 Å². The maximum atomic E-state index is 12.8. The summed E-state index contributed by atoms with van der Waals surface area (Å²) in [6.07, 6.45) is 1.30. The van der Waals surface area contributed by atoms with Gasteiger partial charge in [0.25, 0.3) is 11.8 Å². The molecule has 4 N–H and O–H groups in total. The summed E-state index contributed by atoms with van der Waals surface area (Å²) in [6, 6.07) is 15.8. The van der Waals surface area contributed by atoms with Crippen LogP contribution < -0.4 is 21.3 Å². The van der Waals surface area contributed by atoms with Crippen LogP contribution in [0.25, 0.3) is 0 Å². The quantitative estimate of drug-likeness (QED) is 0.371. The van der Waals surface area contributed by atoms with Crippen molar-refractivity contribution in [1.29, 1.82) is 0 Å². The van der Waals surface area contributed by atoms with Crippen LogP contribution in [0.3, 0.4) is 0 Å². The Kier molecular flexibility index (Phi) is 8.82. The first-order chi connectivity index (χ1) is 17.3. The summed E-state index contributed by atoms with van der Waals surface area (Å²) < 4.78 is 10.4. The molecule has 0 radical (unpaired) electrons. The molecular weight excluding hydrogens is 464 g/mol. The Hall–Kier alpha value is -4.60. The van der Waals surface area contributed by atoms with Crippen molar-refractivity contribution in [3.05, 3.63) is 89.4 Å². The van der Waals surface area contributed by atoms with Crippen molar-refractivity contribution in [2.75, 3.05) is 18.6 Å². The number of nitrogens with zero attached hydrogens (tertiary/aromatic N) is 1. The molecule has 0 bridgehead atoms. The molecule has 3 rings (SSSR count). The number of likely N-dealkylation sites (N-methyl/N-ethyl adjacent to an activating group) is 1. The predicted molar refractivity (Wildman–Crippen MR) is 132 cm³/mol. The summed E-state index contributed by atoms with van der Waals surface area (Å²) in [5, 5.41) is 5.28. The van der Waals surface area contributed by atoms with Crippen molar-refractivity contribution >= 4 is 29.5 Å². The van der Waals surface area contributed by atoms with Gasteiger partial charge in [-0.1, -0.05) is 36.4 Å². The van der Waals surface area contributed by atoms with E-state index in [9.17, 15) is 19.2 Å². The van der Waals surface area contributed by atoms with Gasteiger partial charge < -0.3 is 30.4 Å². The van der Waals surface area contributed by atoms with Crippen LogP contribution in [0.15, 0.2) is 71.3 Å². The highest BCUT2D eigenvalue weighted by Gasteiger charge is 2.23. The van der Waals surface area contributed by atoms with Crippen molar-refractivity contribution in [2.24, 2.45) is 5.73 Å². The van der Waals surface area contributed by atoms with Crippen LogP contribution in [0, 0.1) is 6.92 Å². The van der Waals surface area contributed by atoms with Crippen molar-refractivity contribution in [2.45, 2.75) is 25.9 Å². The molecular formula is C26H28N4O6. The molecule has 3 aromatic rings. The Balaban J connectivity index is 1.61. The number of ether oxygens (including phenoxy) is 1. The average molecular weight is 493 g/mol. The number of benzene rings is 2. The summed E-state index contributed by atoms with van der Waals surface area (Å²) in [6.45, 7) is 1.49. The number of carbonyl (C=O) groups excluding carboxylic acids is 4. The molecule has 0 fully saturated rings. The second-order valence-corrected chi connectivity index (χ2v) is 8.01. The summed E-state index contributed by atoms with van der Waals surface area (Å²) in [5.74, 6) is -1.03. The third-order valence-corrected chi connectivity index (χ3v) is 5.50. The molecule has 1 unspecified atom stereocenters. The first-order valence-corrected chi connectivity index (χ1v) is 11.2. The molecule has 0 aliphatic rings. The molecule has 2 aromatic carbocycles. The second-order valence-electron chi connectivity index (χ2n) is 8.01. The van der Waals surface area contributed by atoms with E-state index in [2.05, 4.69) is 10.6 Å². The van der Waals surface area contributed by atoms with E-state index in [-0.39, 0.29) is 18.5 Å². The molecule has 0 saturated heterocycles. The predicted octanol–water partition coefficient (Wildman–Crippen LogP) is 2.82. The van der Waals surface area contributed by atoms with Gasteiger partial charge in [-0.05, 0) is 42.3 Å². The number of nitrogens with one attached hydrogen (secondary N) is 2. The Morgan fingerprint density at radius 1 is 1.03 bits per heavy atom. The highest BCUT2D eigenvalue weighted by molar-refractivity contribution is 6.05. The third-order valence-electron chi connectivity index (χ3n) is 5.50. The summed E-state index contributed by atoms with van der Waals surface area (Å²) in [4.78, 5) is 50.7. The first-order valence-electron chi connectivity index (χ1n) is 11.2. The molecule has 0 aliphatic carbocycles. The number of amides is 4. The molecule has 1 atom stereocenters. The lowest BCUT2D eigenvalue weighted by atomic mass is 9.99. The van der Waals surface area contributed by atoms with Gasteiger partial charge in [-0.2, -0.15) is 0 Å². The van der Waals surface area contributed by atoms with Crippen LogP contribution in [-0.4, -0.2) is 37.5 Å². The molecule has 36 heavy (non-hydrogen) atoms. The molecule has 188 valence electrons. The summed E-state index contributed by atoms with van der Waals surface area (Å²) in [7, 11) is 1.49. The fraction of sp³-hybridized carbons (Fsp3) is 0.231. The van der Waals surface area contributed by atoms with E-state index >= 15 is 0 Å². The minimum atomic E-state index is -0.784. The largest absolute Gasteiger partial charge is 0.467 e. The number of anilines is 1. The Morgan fingerprint density at radius 2 is 1.75 bits per heavy atom. The number of hydrogen-bond donors (Lipinski definition) is 3. The number of esters is 1. The van der Waals surface area contributed by atoms with Crippen molar-refractivity contribution < 1.29 is 28.3 Å². The molecule has 0 aliphatic heterocycles. The standard InChI is InChI=1S/C26H28N4O6/c1-17-8-3-4-10-19(17)21(29-26(27)34)14-24(32)36-16-23(31)30(2)22-12-6-5-11-20(22)25(33)28-15-18-9-7-13-35-18/h3-13,21H,14-16H2,1-2H3,(H,28,33)(H3,27,29,34). The number of urea groups is 1. The second kappa shape index (κ2) is 12.2. The number of para-hydroxylation sites is 1. The maximum Gasteiger partial charge on any atom is 0.312 e. The Labute approximate surface area is 208 Å². The van der Waals surface area contributed by atoms with E-state index in [1.54, 1.807) is 48.5 Å². The molecule has 10 heteroatoms. The number of primary amides is 1. The van der Waals surface area contributed by atoms with Gasteiger partial charge in [0.2, 0.25) is 0 Å². The van der Waals surface area contributed by atoms with E-state index < -0.39 is 36.5 Å². The van der Waals surface area contributed by atoms with Crippen LogP contribution in [0.4, 0.5) is 10.5 Å². The van der Waals surface area contributed by atoms with E-state index in [1.807, 2.05) is 19.1 Å². The third kappa shape index (κ3) is 6.95. The smallest absolute Gasteiger partial charge is 0.312 e. The number of aryl methyl sites for hydroxylation is 1. The molecule has 10 nitrogen and oxygen atoms in total. The molecule has 1 heterocycles. The zero-order valence-electron chi connectivity index (χ0n) is 20.0. The number of carbonyl (C=O) groups is 4. The lowest BCUT2D eigenvalue weighted by Gasteiger charge is -2.21. The Bertz CT molecular complexity index is 1220. The van der Waals surface area contributed by atoms with Crippen LogP contribution >= 0.6 is 0 Å². The van der Waals surface area contributed by atoms with Crippen molar-refractivity contribution in [1.82, 2.24) is 10.6 Å². The lowest BCUT2D eigenvalue weighted by Crippen LogP contribution is -2.36. The average Bonchev–Trinajstić information content (AvgIpc) is 3.39. The lowest BCUT2D eigenvalue weighted by molar-refractivity contribution is -0.148. The zero-order valence-corrected chi connectivity index (χ0v) is 20.0. The fourth-order valence-corrected chi connectivity index (χ4v) is 3.62. The van der Waals surface area contributed by atoms with E-state index in [0.717, 1.165) is 5.56 Å². The first kappa shape index (κ1) is 26.0. The summed E-state index contributed by atoms with van der Waals surface area (Å²) >= 11 is 0. The van der Waals surface area contributed by atoms with E-state index in [1.165, 1.54) is 18.2 Å². The van der Waals surface area contributed by atoms with Crippen LogP contribution in [-0.2, 0) is 20.9 Å². The van der Waals surface area contributed by atoms with Gasteiger partial charge in [-0.3, -0.25) is 14.4 Å². The Morgan fingerprint density at radius 3 is 2.44 bits per heavy atom. The minimum Gasteiger partial charge on any atom is -0.467 e. The topological polar surface area (TPSA) is 144 Å². The van der Waals surface area contributed by atoms with E-state index in [0.29, 0.717) is 17.0 Å². The number of nitrogens with two attached hydrogens (primary N) is 1. The SMILES string of the molecule is Cc1ccccc1C(CC(=O)OCC(=O)N(C)c1ccccc1C(=O)NCc1ccco1)NC(N)=O. The van der Waals surface area contributed by atoms with Gasteiger partial charge in [-0.25, -0.2) is 4.79 Å². The van der Waals surface area contributed by atoms with E-state index in [4.69, 9.17) is 14.9 Å². The van der Waals surface area contributed by atoms with Gasteiger partial charge in [0.15, 0.2) is 6.61 Å². The molecule has 0 saturated carbocycles. The summed E-state index contributed by atoms with van der Waals surface area (Å²) in [5.41, 5.74) is 7.47. The van der Waals surface area contributed by atoms with Crippen LogP contribution in [0.5, 0.6) is 0 Å². The monoisotopic (exact) mass is 492 g/mol. The fourth-order valence-electron chi connectivity index (χ4n) is 3.62. The van der Waals surface area contributed by atoms with Crippen molar-refractivity contribution in [3.8, 4) is 0 Å². The number of hydrogen-bond acceptors (Lipinski definition) is 6. The van der Waals surface area contributed by atoms with Gasteiger partial charge in [0, 0.05) is 7.05 Å². The van der Waals surface area contributed by atoms with Gasteiger partial charge in [0.1, 0.15) is 5.76 Å². The highest BCUT2D eigenvalue weighted by Crippen LogP contribution is 2.22. The normalized spacial score (nSPS) is 11.3. The zero-order chi connectivity index (χ0) is 26.1.